The molecule has 2 aromatic carbocycles. The van der Waals surface area contributed by atoms with Gasteiger partial charge in [0.1, 0.15) is 5.75 Å². The van der Waals surface area contributed by atoms with E-state index in [1.165, 1.54) is 6.92 Å². The van der Waals surface area contributed by atoms with Gasteiger partial charge in [-0.15, -0.1) is 0 Å². The van der Waals surface area contributed by atoms with Crippen molar-refractivity contribution in [2.24, 2.45) is 0 Å². The number of urea groups is 1. The molecule has 0 fully saturated rings. The molecule has 0 aliphatic heterocycles. The van der Waals surface area contributed by atoms with E-state index in [0.29, 0.717) is 6.42 Å². The first-order chi connectivity index (χ1) is 13.5. The lowest BCUT2D eigenvalue weighted by Gasteiger charge is -2.13. The molecule has 0 aliphatic carbocycles. The maximum absolute atomic E-state index is 12.0. The van der Waals surface area contributed by atoms with E-state index in [0.717, 1.165) is 16.9 Å². The van der Waals surface area contributed by atoms with Gasteiger partial charge in [-0.2, -0.15) is 0 Å². The van der Waals surface area contributed by atoms with E-state index in [2.05, 4.69) is 10.6 Å². The molecule has 0 saturated heterocycles. The number of amides is 3. The van der Waals surface area contributed by atoms with Gasteiger partial charge in [-0.3, -0.25) is 14.9 Å². The SMILES string of the molecule is COc1ccc(CCC(=O)O[C@H](C)C(=O)NC(=O)NCc2ccccc2)cc1. The second-order valence-electron chi connectivity index (χ2n) is 6.14. The largest absolute Gasteiger partial charge is 0.497 e. The van der Waals surface area contributed by atoms with Gasteiger partial charge in [0, 0.05) is 13.0 Å². The fraction of sp³-hybridized carbons (Fsp3) is 0.286. The lowest BCUT2D eigenvalue weighted by Crippen LogP contribution is -2.44. The molecule has 0 aromatic heterocycles. The fourth-order valence-electron chi connectivity index (χ4n) is 2.38. The van der Waals surface area contributed by atoms with Crippen LogP contribution in [-0.2, 0) is 27.3 Å². The Kier molecular flexibility index (Phi) is 8.02. The molecular formula is C21H24N2O5. The molecule has 2 aromatic rings. The molecule has 0 unspecified atom stereocenters. The van der Waals surface area contributed by atoms with Crippen LogP contribution in [0.5, 0.6) is 5.75 Å². The minimum absolute atomic E-state index is 0.129. The fourth-order valence-corrected chi connectivity index (χ4v) is 2.38. The molecule has 0 bridgehead atoms. The standard InChI is InChI=1S/C21H24N2O5/c1-15(20(25)23-21(26)22-14-17-6-4-3-5-7-17)28-19(24)13-10-16-8-11-18(27-2)12-9-16/h3-9,11-12,15H,10,13-14H2,1-2H3,(H2,22,23,25,26)/t15-/m1/s1. The zero-order chi connectivity index (χ0) is 20.4. The van der Waals surface area contributed by atoms with E-state index in [-0.39, 0.29) is 13.0 Å². The van der Waals surface area contributed by atoms with E-state index >= 15 is 0 Å². The highest BCUT2D eigenvalue weighted by atomic mass is 16.5. The van der Waals surface area contributed by atoms with E-state index in [1.54, 1.807) is 7.11 Å². The van der Waals surface area contributed by atoms with Crippen molar-refractivity contribution in [1.29, 1.82) is 0 Å². The zero-order valence-electron chi connectivity index (χ0n) is 15.9. The molecule has 28 heavy (non-hydrogen) atoms. The second kappa shape index (κ2) is 10.7. The Hall–Kier alpha value is -3.35. The van der Waals surface area contributed by atoms with Crippen molar-refractivity contribution in [2.75, 3.05) is 7.11 Å². The summed E-state index contributed by atoms with van der Waals surface area (Å²) >= 11 is 0. The highest BCUT2D eigenvalue weighted by molar-refractivity contribution is 5.97. The van der Waals surface area contributed by atoms with Gasteiger partial charge in [0.25, 0.3) is 5.91 Å². The van der Waals surface area contributed by atoms with Gasteiger partial charge in [-0.1, -0.05) is 42.5 Å². The molecule has 7 heteroatoms. The maximum Gasteiger partial charge on any atom is 0.321 e. The molecule has 3 amide bonds. The average molecular weight is 384 g/mol. The van der Waals surface area contributed by atoms with Crippen LogP contribution in [-0.4, -0.2) is 31.1 Å². The van der Waals surface area contributed by atoms with Crippen LogP contribution in [0.1, 0.15) is 24.5 Å². The van der Waals surface area contributed by atoms with E-state index < -0.39 is 24.0 Å². The summed E-state index contributed by atoms with van der Waals surface area (Å²) in [6, 6.07) is 16.0. The number of carbonyl (C=O) groups is 3. The number of ether oxygens (including phenoxy) is 2. The molecule has 1 atom stereocenters. The summed E-state index contributed by atoms with van der Waals surface area (Å²) in [5.41, 5.74) is 1.86. The van der Waals surface area contributed by atoms with Crippen molar-refractivity contribution in [2.45, 2.75) is 32.4 Å². The number of carbonyl (C=O) groups excluding carboxylic acids is 3. The lowest BCUT2D eigenvalue weighted by atomic mass is 10.1. The quantitative estimate of drug-likeness (QED) is 0.683. The van der Waals surface area contributed by atoms with Crippen molar-refractivity contribution in [3.63, 3.8) is 0 Å². The molecule has 2 rings (SSSR count). The topological polar surface area (TPSA) is 93.7 Å². The van der Waals surface area contributed by atoms with Gasteiger partial charge in [-0.25, -0.2) is 4.79 Å². The smallest absolute Gasteiger partial charge is 0.321 e. The predicted octanol–water partition coefficient (Wildman–Crippen LogP) is 2.59. The van der Waals surface area contributed by atoms with Crippen LogP contribution in [0.2, 0.25) is 0 Å². The lowest BCUT2D eigenvalue weighted by molar-refractivity contribution is -0.154. The molecule has 0 spiro atoms. The van der Waals surface area contributed by atoms with Gasteiger partial charge < -0.3 is 14.8 Å². The molecule has 0 radical (unpaired) electrons. The Morgan fingerprint density at radius 1 is 0.964 bits per heavy atom. The van der Waals surface area contributed by atoms with Crippen LogP contribution < -0.4 is 15.4 Å². The first-order valence-electron chi connectivity index (χ1n) is 8.93. The van der Waals surface area contributed by atoms with Crippen LogP contribution in [0.15, 0.2) is 54.6 Å². The van der Waals surface area contributed by atoms with Crippen LogP contribution in [0, 0.1) is 0 Å². The van der Waals surface area contributed by atoms with Crippen molar-refractivity contribution >= 4 is 17.9 Å². The normalized spacial score (nSPS) is 11.2. The summed E-state index contributed by atoms with van der Waals surface area (Å²) in [6.45, 7) is 1.71. The number of hydrogen-bond acceptors (Lipinski definition) is 5. The molecule has 0 heterocycles. The second-order valence-corrected chi connectivity index (χ2v) is 6.14. The van der Waals surface area contributed by atoms with Gasteiger partial charge in [-0.05, 0) is 36.6 Å². The third kappa shape index (κ3) is 7.11. The predicted molar refractivity (Wildman–Crippen MR) is 104 cm³/mol. The molecule has 7 nitrogen and oxygen atoms in total. The van der Waals surface area contributed by atoms with E-state index in [1.807, 2.05) is 54.6 Å². The highest BCUT2D eigenvalue weighted by Crippen LogP contribution is 2.13. The van der Waals surface area contributed by atoms with Crippen molar-refractivity contribution in [1.82, 2.24) is 10.6 Å². The van der Waals surface area contributed by atoms with Gasteiger partial charge in [0.15, 0.2) is 6.10 Å². The minimum Gasteiger partial charge on any atom is -0.497 e. The third-order valence-corrected chi connectivity index (χ3v) is 3.99. The summed E-state index contributed by atoms with van der Waals surface area (Å²) in [7, 11) is 1.58. The Bertz CT molecular complexity index is 790. The Morgan fingerprint density at radius 2 is 1.64 bits per heavy atom. The number of benzene rings is 2. The monoisotopic (exact) mass is 384 g/mol. The van der Waals surface area contributed by atoms with Gasteiger partial charge in [0.05, 0.1) is 7.11 Å². The summed E-state index contributed by atoms with van der Waals surface area (Å²) in [5, 5.41) is 4.73. The Morgan fingerprint density at radius 3 is 2.29 bits per heavy atom. The van der Waals surface area contributed by atoms with Crippen LogP contribution in [0.25, 0.3) is 0 Å². The number of aryl methyl sites for hydroxylation is 1. The van der Waals surface area contributed by atoms with Crippen molar-refractivity contribution < 1.29 is 23.9 Å². The average Bonchev–Trinajstić information content (AvgIpc) is 2.71. The summed E-state index contributed by atoms with van der Waals surface area (Å²) in [5.74, 6) is -0.450. The molecular weight excluding hydrogens is 360 g/mol. The zero-order valence-corrected chi connectivity index (χ0v) is 15.9. The summed E-state index contributed by atoms with van der Waals surface area (Å²) in [6.07, 6.45) is -0.454. The number of imide groups is 1. The first-order valence-corrected chi connectivity index (χ1v) is 8.93. The molecule has 148 valence electrons. The van der Waals surface area contributed by atoms with Crippen LogP contribution >= 0.6 is 0 Å². The number of hydrogen-bond donors (Lipinski definition) is 2. The van der Waals surface area contributed by atoms with Crippen LogP contribution in [0.3, 0.4) is 0 Å². The molecule has 0 saturated carbocycles. The maximum atomic E-state index is 12.0. The van der Waals surface area contributed by atoms with E-state index in [4.69, 9.17) is 9.47 Å². The van der Waals surface area contributed by atoms with Crippen molar-refractivity contribution in [3.8, 4) is 5.75 Å². The Balaban J connectivity index is 1.69. The van der Waals surface area contributed by atoms with Gasteiger partial charge in [0.2, 0.25) is 0 Å². The highest BCUT2D eigenvalue weighted by Gasteiger charge is 2.19. The summed E-state index contributed by atoms with van der Waals surface area (Å²) in [4.78, 5) is 35.7. The van der Waals surface area contributed by atoms with Gasteiger partial charge >= 0.3 is 12.0 Å². The number of esters is 1. The number of rotatable bonds is 8. The number of methoxy groups -OCH3 is 1. The minimum atomic E-state index is -1.06. The Labute approximate surface area is 164 Å². The molecule has 0 aliphatic rings. The third-order valence-electron chi connectivity index (χ3n) is 3.99. The summed E-state index contributed by atoms with van der Waals surface area (Å²) < 4.78 is 10.2. The molecule has 2 N–H and O–H groups in total. The first kappa shape index (κ1) is 21.0. The van der Waals surface area contributed by atoms with Crippen LogP contribution in [0.4, 0.5) is 4.79 Å². The number of nitrogens with one attached hydrogen (secondary N) is 2. The van der Waals surface area contributed by atoms with E-state index in [9.17, 15) is 14.4 Å². The van der Waals surface area contributed by atoms with Crippen molar-refractivity contribution in [3.05, 3.63) is 65.7 Å².